The van der Waals surface area contributed by atoms with Crippen LogP contribution in [0.3, 0.4) is 0 Å². The van der Waals surface area contributed by atoms with Crippen molar-refractivity contribution in [3.63, 3.8) is 0 Å². The molecule has 0 spiro atoms. The predicted octanol–water partition coefficient (Wildman–Crippen LogP) is -1.23. The van der Waals surface area contributed by atoms with E-state index >= 15 is 0 Å². The maximum Gasteiger partial charge on any atom is 0.305 e. The number of hydrogen-bond acceptors (Lipinski definition) is 11. The van der Waals surface area contributed by atoms with Crippen molar-refractivity contribution in [2.24, 2.45) is 5.73 Å². The molecular formula is C14H22ClNO10. The Morgan fingerprint density at radius 1 is 0.962 bits per heavy atom. The molecule has 1 aliphatic rings. The summed E-state index contributed by atoms with van der Waals surface area (Å²) < 4.78 is 24.9. The molecule has 0 radical (unpaired) electrons. The molecule has 0 amide bonds. The number of carbonyl (C=O) groups is 4. The van der Waals surface area contributed by atoms with Gasteiger partial charge in [-0.05, 0) is 0 Å². The second-order valence-corrected chi connectivity index (χ2v) is 5.41. The zero-order valence-corrected chi connectivity index (χ0v) is 15.4. The molecule has 0 aromatic heterocycles. The van der Waals surface area contributed by atoms with E-state index < -0.39 is 60.8 Å². The average Bonchev–Trinajstić information content (AvgIpc) is 2.43. The topological polar surface area (TPSA) is 161 Å². The minimum absolute atomic E-state index is 0. The highest BCUT2D eigenvalue weighted by Crippen LogP contribution is 2.32. The number of hydrogen-bond donors (Lipinski definition) is 2. The third kappa shape index (κ3) is 6.41. The molecule has 26 heavy (non-hydrogen) atoms. The zero-order valence-electron chi connectivity index (χ0n) is 14.6. The highest BCUT2D eigenvalue weighted by molar-refractivity contribution is 5.85. The summed E-state index contributed by atoms with van der Waals surface area (Å²) in [5.41, 5.74) is 3.20. The minimum atomic E-state index is -2.52. The van der Waals surface area contributed by atoms with Gasteiger partial charge < -0.3 is 28.8 Å². The van der Waals surface area contributed by atoms with Gasteiger partial charge in [0, 0.05) is 27.7 Å². The van der Waals surface area contributed by atoms with Gasteiger partial charge >= 0.3 is 23.9 Å². The van der Waals surface area contributed by atoms with E-state index in [2.05, 4.69) is 0 Å². The molecule has 1 saturated heterocycles. The summed E-state index contributed by atoms with van der Waals surface area (Å²) in [6, 6.07) is 0. The van der Waals surface area contributed by atoms with Gasteiger partial charge in [-0.3, -0.25) is 24.9 Å². The highest BCUT2D eigenvalue weighted by Gasteiger charge is 2.59. The first-order valence-electron chi connectivity index (χ1n) is 7.26. The molecule has 0 aromatic carbocycles. The van der Waals surface area contributed by atoms with Crippen molar-refractivity contribution in [1.82, 2.24) is 0 Å². The maximum absolute atomic E-state index is 11.4. The van der Waals surface area contributed by atoms with Crippen LogP contribution >= 0.6 is 12.4 Å². The zero-order chi connectivity index (χ0) is 19.4. The molecule has 150 valence electrons. The summed E-state index contributed by atoms with van der Waals surface area (Å²) in [4.78, 5) is 45.0. The lowest BCUT2D eigenvalue weighted by molar-refractivity contribution is -0.333. The van der Waals surface area contributed by atoms with Crippen LogP contribution in [0.2, 0.25) is 0 Å². The fraction of sp³-hybridized carbons (Fsp3) is 0.714. The molecule has 5 atom stereocenters. The number of ether oxygens (including phenoxy) is 5. The Labute approximate surface area is 155 Å². The van der Waals surface area contributed by atoms with Crippen molar-refractivity contribution >= 4 is 36.3 Å². The molecule has 0 aromatic rings. The average molecular weight is 400 g/mol. The molecule has 0 saturated carbocycles. The fourth-order valence-corrected chi connectivity index (χ4v) is 2.21. The normalized spacial score (nSPS) is 30.4. The molecule has 1 fully saturated rings. The summed E-state index contributed by atoms with van der Waals surface area (Å²) in [6.45, 7) is 3.86. The number of aliphatic hydroxyl groups is 1. The standard InChI is InChI=1S/C14H21NO10.ClH/c1-6(16)21-5-10-11(22-7(2)17)12(23-8(3)18)14(15,20)13(25-10)24-9(4)19;/h10-13,20H,5,15H2,1-4H3;1H/t10-,11-,12+,13+,14-;/m1./s1. The molecule has 12 heteroatoms. The molecule has 0 unspecified atom stereocenters. The summed E-state index contributed by atoms with van der Waals surface area (Å²) in [7, 11) is 0. The molecule has 1 heterocycles. The second kappa shape index (κ2) is 9.67. The summed E-state index contributed by atoms with van der Waals surface area (Å²) >= 11 is 0. The third-order valence-corrected chi connectivity index (χ3v) is 3.12. The Kier molecular flexibility index (Phi) is 8.94. The maximum atomic E-state index is 11.4. The molecule has 0 bridgehead atoms. The van der Waals surface area contributed by atoms with Gasteiger partial charge in [-0.15, -0.1) is 12.4 Å². The van der Waals surface area contributed by atoms with E-state index in [1.807, 2.05) is 0 Å². The summed E-state index contributed by atoms with van der Waals surface area (Å²) in [5.74, 6) is -3.14. The van der Waals surface area contributed by atoms with E-state index in [9.17, 15) is 24.3 Å². The van der Waals surface area contributed by atoms with Crippen LogP contribution in [0.1, 0.15) is 27.7 Å². The Hall–Kier alpha value is -1.95. The smallest absolute Gasteiger partial charge is 0.305 e. The molecular weight excluding hydrogens is 378 g/mol. The lowest BCUT2D eigenvalue weighted by Gasteiger charge is -2.47. The number of carbonyl (C=O) groups excluding carboxylic acids is 4. The predicted molar refractivity (Wildman–Crippen MR) is 84.6 cm³/mol. The first-order valence-corrected chi connectivity index (χ1v) is 7.26. The Morgan fingerprint density at radius 3 is 1.88 bits per heavy atom. The van der Waals surface area contributed by atoms with Crippen LogP contribution in [0, 0.1) is 0 Å². The largest absolute Gasteiger partial charge is 0.463 e. The van der Waals surface area contributed by atoms with Crippen LogP contribution in [0.15, 0.2) is 0 Å². The minimum Gasteiger partial charge on any atom is -0.463 e. The first kappa shape index (κ1) is 24.1. The van der Waals surface area contributed by atoms with Crippen LogP contribution in [0.5, 0.6) is 0 Å². The fourth-order valence-electron chi connectivity index (χ4n) is 2.21. The summed E-state index contributed by atoms with van der Waals surface area (Å²) in [5, 5.41) is 10.5. The molecule has 11 nitrogen and oxygen atoms in total. The van der Waals surface area contributed by atoms with Crippen molar-refractivity contribution in [3.8, 4) is 0 Å². The Morgan fingerprint density at radius 2 is 1.46 bits per heavy atom. The van der Waals surface area contributed by atoms with Gasteiger partial charge in [-0.2, -0.15) is 0 Å². The quantitative estimate of drug-likeness (QED) is 0.323. The highest BCUT2D eigenvalue weighted by atomic mass is 35.5. The van der Waals surface area contributed by atoms with Crippen molar-refractivity contribution in [3.05, 3.63) is 0 Å². The monoisotopic (exact) mass is 399 g/mol. The molecule has 3 N–H and O–H groups in total. The Bertz CT molecular complexity index is 552. The van der Waals surface area contributed by atoms with E-state index in [-0.39, 0.29) is 12.4 Å². The van der Waals surface area contributed by atoms with E-state index in [4.69, 9.17) is 29.4 Å². The van der Waals surface area contributed by atoms with E-state index in [0.29, 0.717) is 0 Å². The number of esters is 4. The van der Waals surface area contributed by atoms with Crippen LogP contribution in [0.25, 0.3) is 0 Å². The van der Waals surface area contributed by atoms with Gasteiger partial charge in [0.05, 0.1) is 0 Å². The van der Waals surface area contributed by atoms with Crippen LogP contribution in [-0.4, -0.2) is 65.9 Å². The molecule has 0 aliphatic carbocycles. The lowest BCUT2D eigenvalue weighted by atomic mass is 9.93. The van der Waals surface area contributed by atoms with Gasteiger partial charge in [-0.1, -0.05) is 0 Å². The van der Waals surface area contributed by atoms with Crippen LogP contribution < -0.4 is 5.73 Å². The van der Waals surface area contributed by atoms with Crippen LogP contribution in [0.4, 0.5) is 0 Å². The van der Waals surface area contributed by atoms with Gasteiger partial charge in [0.15, 0.2) is 12.2 Å². The Balaban J connectivity index is 0.00000625. The van der Waals surface area contributed by atoms with Crippen LogP contribution in [-0.2, 0) is 42.9 Å². The number of nitrogens with two attached hydrogens (primary N) is 1. The second-order valence-electron chi connectivity index (χ2n) is 5.41. The first-order chi connectivity index (χ1) is 11.4. The van der Waals surface area contributed by atoms with E-state index in [1.165, 1.54) is 0 Å². The van der Waals surface area contributed by atoms with Crippen molar-refractivity contribution < 1.29 is 48.0 Å². The molecule has 1 rings (SSSR count). The van der Waals surface area contributed by atoms with E-state index in [0.717, 1.165) is 27.7 Å². The van der Waals surface area contributed by atoms with Crippen molar-refractivity contribution in [2.75, 3.05) is 6.61 Å². The third-order valence-electron chi connectivity index (χ3n) is 3.12. The lowest BCUT2D eigenvalue weighted by Crippen LogP contribution is -2.73. The van der Waals surface area contributed by atoms with Gasteiger partial charge in [-0.25, -0.2) is 0 Å². The van der Waals surface area contributed by atoms with Gasteiger partial charge in [0.25, 0.3) is 0 Å². The van der Waals surface area contributed by atoms with Gasteiger partial charge in [0.2, 0.25) is 12.0 Å². The number of rotatable bonds is 5. The van der Waals surface area contributed by atoms with Crippen molar-refractivity contribution in [2.45, 2.75) is 58.0 Å². The molecule has 1 aliphatic heterocycles. The number of halogens is 1. The van der Waals surface area contributed by atoms with Crippen molar-refractivity contribution in [1.29, 1.82) is 0 Å². The van der Waals surface area contributed by atoms with Gasteiger partial charge in [0.1, 0.15) is 12.7 Å². The van der Waals surface area contributed by atoms with E-state index in [1.54, 1.807) is 0 Å². The SMILES string of the molecule is CC(=O)OC[C@H]1O[C@H](OC(C)=O)[C@](N)(O)[C@@H](OC(C)=O)[C@@H]1OC(C)=O.Cl. The summed E-state index contributed by atoms with van der Waals surface area (Å²) in [6.07, 6.45) is -6.04.